The minimum atomic E-state index is -4.85. The molecule has 0 atom stereocenters. The molecule has 1 amide bonds. The van der Waals surface area contributed by atoms with Gasteiger partial charge in [-0.3, -0.25) is 4.79 Å². The molecule has 11 heteroatoms. The van der Waals surface area contributed by atoms with Crippen molar-refractivity contribution < 1.29 is 31.9 Å². The highest BCUT2D eigenvalue weighted by Gasteiger charge is 2.43. The Morgan fingerprint density at radius 1 is 0.952 bits per heavy atom. The second-order valence-electron chi connectivity index (χ2n) is 10.1. The predicted octanol–water partition coefficient (Wildman–Crippen LogP) is 6.40. The Morgan fingerprint density at radius 3 is 2.38 bits per heavy atom. The highest BCUT2D eigenvalue weighted by Crippen LogP contribution is 2.33. The molecule has 6 rings (SSSR count). The monoisotopic (exact) mass is 574 g/mol. The zero-order valence-corrected chi connectivity index (χ0v) is 22.5. The number of benzene rings is 3. The van der Waals surface area contributed by atoms with Crippen LogP contribution in [0, 0.1) is 0 Å². The molecule has 1 aliphatic heterocycles. The summed E-state index contributed by atoms with van der Waals surface area (Å²) in [6.45, 7) is 0.118. The lowest BCUT2D eigenvalue weighted by atomic mass is 9.88. The van der Waals surface area contributed by atoms with Gasteiger partial charge in [-0.2, -0.15) is 13.2 Å². The number of hydrogen-bond acceptors (Lipinski definition) is 6. The molecule has 2 aromatic heterocycles. The fourth-order valence-electron chi connectivity index (χ4n) is 5.30. The smallest absolute Gasteiger partial charge is 0.465 e. The van der Waals surface area contributed by atoms with Crippen LogP contribution in [0.25, 0.3) is 39.2 Å². The summed E-state index contributed by atoms with van der Waals surface area (Å²) in [6.07, 6.45) is -2.24. The maximum atomic E-state index is 12.8. The van der Waals surface area contributed by atoms with E-state index in [1.54, 1.807) is 23.0 Å². The quantitative estimate of drug-likeness (QED) is 0.226. The van der Waals surface area contributed by atoms with E-state index in [0.29, 0.717) is 35.5 Å². The minimum Gasteiger partial charge on any atom is -0.465 e. The minimum absolute atomic E-state index is 0.0418. The molecular weight excluding hydrogens is 549 g/mol. The first-order valence-corrected chi connectivity index (χ1v) is 13.3. The number of carbonyl (C=O) groups excluding carboxylic acids is 2. The zero-order valence-electron chi connectivity index (χ0n) is 22.5. The summed E-state index contributed by atoms with van der Waals surface area (Å²) in [5.41, 5.74) is 4.74. The summed E-state index contributed by atoms with van der Waals surface area (Å²) in [5.74, 6) is -1.68. The molecule has 0 bridgehead atoms. The number of hydrogen-bond donors (Lipinski definition) is 0. The molecule has 0 saturated carbocycles. The third-order valence-corrected chi connectivity index (χ3v) is 7.51. The van der Waals surface area contributed by atoms with Crippen molar-refractivity contribution in [3.8, 4) is 28.3 Å². The second-order valence-corrected chi connectivity index (χ2v) is 10.1. The third kappa shape index (κ3) is 5.37. The van der Waals surface area contributed by atoms with Crippen LogP contribution in [0.1, 0.15) is 34.7 Å². The number of fused-ring (bicyclic) bond motifs is 1. The average molecular weight is 575 g/mol. The molecule has 3 heterocycles. The van der Waals surface area contributed by atoms with Crippen molar-refractivity contribution in [2.45, 2.75) is 24.9 Å². The number of esters is 1. The number of rotatable bonds is 5. The molecule has 0 N–H and O–H groups in total. The summed E-state index contributed by atoms with van der Waals surface area (Å²) in [4.78, 5) is 24.9. The molecule has 0 unspecified atom stereocenters. The molecule has 3 aromatic carbocycles. The number of ether oxygens (including phenoxy) is 1. The Kier molecular flexibility index (Phi) is 7.01. The molecule has 5 aromatic rings. The molecule has 1 saturated heterocycles. The SMILES string of the molecule is COC(=O)c1cc(-c2ccc(C3CCN(C(=O)C(F)(F)F)CC3)cc2)cc(-n2cc(-c3cc4ccccc4o3)nn2)c1. The van der Waals surface area contributed by atoms with Crippen molar-refractivity contribution in [1.29, 1.82) is 0 Å². The first-order chi connectivity index (χ1) is 20.2. The number of methoxy groups -OCH3 is 1. The molecule has 0 spiro atoms. The highest BCUT2D eigenvalue weighted by molar-refractivity contribution is 5.92. The average Bonchev–Trinajstić information content (AvgIpc) is 3.68. The van der Waals surface area contributed by atoms with E-state index in [1.807, 2.05) is 60.7 Å². The number of alkyl halides is 3. The molecule has 0 aliphatic carbocycles. The van der Waals surface area contributed by atoms with Crippen LogP contribution in [0.5, 0.6) is 0 Å². The number of amides is 1. The number of furan rings is 1. The van der Waals surface area contributed by atoms with Gasteiger partial charge >= 0.3 is 18.1 Å². The van der Waals surface area contributed by atoms with E-state index in [1.165, 1.54) is 7.11 Å². The molecule has 1 fully saturated rings. The van der Waals surface area contributed by atoms with Gasteiger partial charge in [-0.25, -0.2) is 9.48 Å². The van der Waals surface area contributed by atoms with Gasteiger partial charge in [0.2, 0.25) is 0 Å². The van der Waals surface area contributed by atoms with Gasteiger partial charge < -0.3 is 14.1 Å². The Balaban J connectivity index is 1.25. The fourth-order valence-corrected chi connectivity index (χ4v) is 5.30. The van der Waals surface area contributed by atoms with Crippen LogP contribution in [0.15, 0.2) is 83.4 Å². The van der Waals surface area contributed by atoms with Crippen molar-refractivity contribution in [3.63, 3.8) is 0 Å². The van der Waals surface area contributed by atoms with E-state index in [0.717, 1.165) is 32.6 Å². The van der Waals surface area contributed by atoms with E-state index < -0.39 is 18.1 Å². The largest absolute Gasteiger partial charge is 0.471 e. The van der Waals surface area contributed by atoms with Crippen LogP contribution in [0.4, 0.5) is 13.2 Å². The van der Waals surface area contributed by atoms with Crippen LogP contribution in [-0.2, 0) is 9.53 Å². The van der Waals surface area contributed by atoms with Gasteiger partial charge in [-0.15, -0.1) is 5.10 Å². The second kappa shape index (κ2) is 10.8. The Labute approximate surface area is 238 Å². The summed E-state index contributed by atoms with van der Waals surface area (Å²) >= 11 is 0. The number of carbonyl (C=O) groups is 2. The number of aromatic nitrogens is 3. The summed E-state index contributed by atoms with van der Waals surface area (Å²) in [6, 6.07) is 22.5. The van der Waals surface area contributed by atoms with Crippen LogP contribution in [-0.4, -0.2) is 58.1 Å². The Bertz CT molecular complexity index is 1730. The van der Waals surface area contributed by atoms with Crippen LogP contribution in [0.3, 0.4) is 0 Å². The first kappa shape index (κ1) is 27.3. The van der Waals surface area contributed by atoms with E-state index >= 15 is 0 Å². The lowest BCUT2D eigenvalue weighted by Gasteiger charge is -2.32. The fraction of sp³-hybridized carbons (Fsp3) is 0.226. The van der Waals surface area contributed by atoms with Gasteiger partial charge in [0.05, 0.1) is 24.6 Å². The highest BCUT2D eigenvalue weighted by atomic mass is 19.4. The first-order valence-electron chi connectivity index (χ1n) is 13.3. The molecule has 0 radical (unpaired) electrons. The van der Waals surface area contributed by atoms with Crippen molar-refractivity contribution in [1.82, 2.24) is 19.9 Å². The summed E-state index contributed by atoms with van der Waals surface area (Å²) in [7, 11) is 1.31. The summed E-state index contributed by atoms with van der Waals surface area (Å²) in [5, 5.41) is 9.47. The molecule has 214 valence electrons. The van der Waals surface area contributed by atoms with E-state index in [9.17, 15) is 22.8 Å². The van der Waals surface area contributed by atoms with Crippen LogP contribution < -0.4 is 0 Å². The zero-order chi connectivity index (χ0) is 29.4. The van der Waals surface area contributed by atoms with Crippen molar-refractivity contribution in [2.75, 3.05) is 20.2 Å². The number of para-hydroxylation sites is 1. The van der Waals surface area contributed by atoms with Gasteiger partial charge in [0.15, 0.2) is 5.76 Å². The molecule has 42 heavy (non-hydrogen) atoms. The topological polar surface area (TPSA) is 90.5 Å². The van der Waals surface area contributed by atoms with Crippen molar-refractivity contribution in [3.05, 3.63) is 90.1 Å². The lowest BCUT2D eigenvalue weighted by molar-refractivity contribution is -0.186. The van der Waals surface area contributed by atoms with Gasteiger partial charge in [-0.1, -0.05) is 47.7 Å². The molecular formula is C31H25F3N4O4. The maximum absolute atomic E-state index is 12.8. The van der Waals surface area contributed by atoms with Gasteiger partial charge in [0, 0.05) is 18.5 Å². The molecule has 1 aliphatic rings. The van der Waals surface area contributed by atoms with Crippen molar-refractivity contribution >= 4 is 22.8 Å². The maximum Gasteiger partial charge on any atom is 0.471 e. The van der Waals surface area contributed by atoms with E-state index in [2.05, 4.69) is 10.3 Å². The van der Waals surface area contributed by atoms with Crippen LogP contribution >= 0.6 is 0 Å². The number of nitrogens with zero attached hydrogens (tertiary/aromatic N) is 4. The standard InChI is InChI=1S/C31H25F3N4O4/c1-41-29(39)24-14-23(20-8-6-19(7-9-20)21-10-12-37(13-11-21)30(40)31(32,33)34)15-25(16-24)38-18-26(35-36-38)28-17-22-4-2-3-5-27(22)42-28/h2-9,14-18,21H,10-13H2,1H3. The van der Waals surface area contributed by atoms with Gasteiger partial charge in [0.1, 0.15) is 11.3 Å². The Morgan fingerprint density at radius 2 is 1.69 bits per heavy atom. The molecule has 8 nitrogen and oxygen atoms in total. The number of halogens is 3. The lowest BCUT2D eigenvalue weighted by Crippen LogP contribution is -2.45. The van der Waals surface area contributed by atoms with E-state index in [-0.39, 0.29) is 19.0 Å². The van der Waals surface area contributed by atoms with E-state index in [4.69, 9.17) is 9.15 Å². The number of piperidine rings is 1. The van der Waals surface area contributed by atoms with Crippen LogP contribution in [0.2, 0.25) is 0 Å². The Hall–Kier alpha value is -4.93. The summed E-state index contributed by atoms with van der Waals surface area (Å²) < 4.78 is 50.8. The predicted molar refractivity (Wildman–Crippen MR) is 148 cm³/mol. The van der Waals surface area contributed by atoms with Gasteiger partial charge in [0.25, 0.3) is 0 Å². The third-order valence-electron chi connectivity index (χ3n) is 7.51. The van der Waals surface area contributed by atoms with Gasteiger partial charge in [-0.05, 0) is 65.8 Å². The normalized spacial score (nSPS) is 14.3. The number of likely N-dealkylation sites (tertiary alicyclic amines) is 1. The van der Waals surface area contributed by atoms with Crippen molar-refractivity contribution in [2.24, 2.45) is 0 Å².